The highest BCUT2D eigenvalue weighted by Crippen LogP contribution is 2.36. The van der Waals surface area contributed by atoms with Crippen molar-refractivity contribution in [1.82, 2.24) is 19.1 Å². The highest BCUT2D eigenvalue weighted by Gasteiger charge is 2.46. The maximum atomic E-state index is 14.2. The number of methoxy groups -OCH3 is 1. The summed E-state index contributed by atoms with van der Waals surface area (Å²) in [5.41, 5.74) is 0. The SMILES string of the molecule is COCc1nnc2n1CC1CCC(C2)N1S(=O)(=O)c1ccc(F)cc1F. The molecule has 2 aliphatic heterocycles. The summed E-state index contributed by atoms with van der Waals surface area (Å²) in [7, 11) is -2.54. The standard InChI is InChI=1S/C16H18F2N4O3S/c1-25-9-16-20-19-15-7-11-3-4-12(8-21(15)16)22(11)26(23,24)14-5-2-10(17)6-13(14)18/h2,5-6,11-12H,3-4,7-9H2,1H3. The molecule has 26 heavy (non-hydrogen) atoms. The van der Waals surface area contributed by atoms with Crippen LogP contribution in [-0.4, -0.2) is 46.7 Å². The molecule has 7 nitrogen and oxygen atoms in total. The molecule has 1 saturated heterocycles. The van der Waals surface area contributed by atoms with E-state index >= 15 is 0 Å². The summed E-state index contributed by atoms with van der Waals surface area (Å²) in [6.07, 6.45) is 1.73. The summed E-state index contributed by atoms with van der Waals surface area (Å²) in [5.74, 6) is -0.548. The number of rotatable bonds is 4. The van der Waals surface area contributed by atoms with Gasteiger partial charge in [0.15, 0.2) is 5.82 Å². The van der Waals surface area contributed by atoms with E-state index in [2.05, 4.69) is 10.2 Å². The first-order valence-electron chi connectivity index (χ1n) is 8.30. The Morgan fingerprint density at radius 2 is 2.00 bits per heavy atom. The fraction of sp³-hybridized carbons (Fsp3) is 0.500. The molecule has 1 aromatic carbocycles. The predicted octanol–water partition coefficient (Wildman–Crippen LogP) is 1.48. The number of hydrogen-bond donors (Lipinski definition) is 0. The number of halogens is 2. The van der Waals surface area contributed by atoms with Crippen LogP contribution in [0, 0.1) is 11.6 Å². The summed E-state index contributed by atoms with van der Waals surface area (Å²) in [6.45, 7) is 0.670. The van der Waals surface area contributed by atoms with Crippen molar-refractivity contribution < 1.29 is 21.9 Å². The first kappa shape index (κ1) is 17.5. The molecule has 1 aromatic heterocycles. The average molecular weight is 384 g/mol. The summed E-state index contributed by atoms with van der Waals surface area (Å²) in [5, 5.41) is 8.27. The Labute approximate surface area is 149 Å². The molecule has 0 spiro atoms. The zero-order valence-electron chi connectivity index (χ0n) is 14.1. The van der Waals surface area contributed by atoms with Crippen molar-refractivity contribution in [2.75, 3.05) is 7.11 Å². The van der Waals surface area contributed by atoms with E-state index in [1.807, 2.05) is 4.57 Å². The van der Waals surface area contributed by atoms with Crippen LogP contribution in [0.1, 0.15) is 24.5 Å². The molecular formula is C16H18F2N4O3S. The van der Waals surface area contributed by atoms with Crippen molar-refractivity contribution in [3.05, 3.63) is 41.5 Å². The van der Waals surface area contributed by atoms with Crippen LogP contribution in [0.25, 0.3) is 0 Å². The van der Waals surface area contributed by atoms with E-state index in [1.54, 1.807) is 7.11 Å². The van der Waals surface area contributed by atoms with Gasteiger partial charge in [-0.3, -0.25) is 0 Å². The van der Waals surface area contributed by atoms with Crippen molar-refractivity contribution in [3.63, 3.8) is 0 Å². The summed E-state index contributed by atoms with van der Waals surface area (Å²) >= 11 is 0. The zero-order valence-corrected chi connectivity index (χ0v) is 14.9. The second-order valence-electron chi connectivity index (χ2n) is 6.57. The minimum atomic E-state index is -4.09. The molecule has 0 N–H and O–H groups in total. The summed E-state index contributed by atoms with van der Waals surface area (Å²) in [6, 6.07) is 1.89. The molecule has 1 fully saturated rings. The van der Waals surface area contributed by atoms with Crippen molar-refractivity contribution >= 4 is 10.0 Å². The Kier molecular flexibility index (Phi) is 4.28. The van der Waals surface area contributed by atoms with Crippen LogP contribution in [0.4, 0.5) is 8.78 Å². The lowest BCUT2D eigenvalue weighted by Gasteiger charge is -2.27. The maximum absolute atomic E-state index is 14.2. The van der Waals surface area contributed by atoms with Gasteiger partial charge in [0.1, 0.15) is 29.0 Å². The second kappa shape index (κ2) is 6.36. The number of sulfonamides is 1. The molecule has 3 heterocycles. The highest BCUT2D eigenvalue weighted by molar-refractivity contribution is 7.89. The fourth-order valence-electron chi connectivity index (χ4n) is 3.88. The molecule has 2 atom stereocenters. The summed E-state index contributed by atoms with van der Waals surface area (Å²) in [4.78, 5) is -0.495. The van der Waals surface area contributed by atoms with Gasteiger partial charge in [-0.1, -0.05) is 0 Å². The number of ether oxygens (including phenoxy) is 1. The van der Waals surface area contributed by atoms with Gasteiger partial charge >= 0.3 is 0 Å². The molecule has 2 aromatic rings. The lowest BCUT2D eigenvalue weighted by atomic mass is 10.1. The monoisotopic (exact) mass is 384 g/mol. The molecule has 0 saturated carbocycles. The molecule has 0 aliphatic carbocycles. The maximum Gasteiger partial charge on any atom is 0.246 e. The average Bonchev–Trinajstić information content (AvgIpc) is 3.07. The van der Waals surface area contributed by atoms with Gasteiger partial charge in [-0.15, -0.1) is 10.2 Å². The van der Waals surface area contributed by atoms with Gasteiger partial charge in [0.25, 0.3) is 0 Å². The van der Waals surface area contributed by atoms with Crippen LogP contribution in [0.3, 0.4) is 0 Å². The quantitative estimate of drug-likeness (QED) is 0.798. The molecule has 0 radical (unpaired) electrons. The third kappa shape index (κ3) is 2.72. The zero-order chi connectivity index (χ0) is 18.5. The van der Waals surface area contributed by atoms with Gasteiger partial charge in [0.2, 0.25) is 10.0 Å². The largest absolute Gasteiger partial charge is 0.377 e. The van der Waals surface area contributed by atoms with E-state index in [0.29, 0.717) is 43.5 Å². The molecule has 0 amide bonds. The lowest BCUT2D eigenvalue weighted by Crippen LogP contribution is -2.42. The smallest absolute Gasteiger partial charge is 0.246 e. The van der Waals surface area contributed by atoms with Crippen LogP contribution >= 0.6 is 0 Å². The first-order chi connectivity index (χ1) is 12.4. The first-order valence-corrected chi connectivity index (χ1v) is 9.74. The molecule has 2 unspecified atom stereocenters. The third-order valence-electron chi connectivity index (χ3n) is 4.99. The Morgan fingerprint density at radius 3 is 2.73 bits per heavy atom. The number of aromatic nitrogens is 3. The van der Waals surface area contributed by atoms with E-state index in [-0.39, 0.29) is 18.7 Å². The fourth-order valence-corrected chi connectivity index (χ4v) is 5.79. The van der Waals surface area contributed by atoms with E-state index in [4.69, 9.17) is 4.74 Å². The number of benzene rings is 1. The molecule has 2 aliphatic rings. The minimum absolute atomic E-state index is 0.281. The van der Waals surface area contributed by atoms with E-state index in [0.717, 1.165) is 12.1 Å². The van der Waals surface area contributed by atoms with Crippen LogP contribution in [0.5, 0.6) is 0 Å². The van der Waals surface area contributed by atoms with E-state index in [1.165, 1.54) is 4.31 Å². The van der Waals surface area contributed by atoms with Crippen LogP contribution < -0.4 is 0 Å². The van der Waals surface area contributed by atoms with Gasteiger partial charge in [0, 0.05) is 38.2 Å². The summed E-state index contributed by atoms with van der Waals surface area (Å²) < 4.78 is 61.9. The number of fused-ring (bicyclic) bond motifs is 3. The number of hydrogen-bond acceptors (Lipinski definition) is 5. The molecule has 10 heteroatoms. The molecular weight excluding hydrogens is 366 g/mol. The van der Waals surface area contributed by atoms with Crippen LogP contribution in [0.2, 0.25) is 0 Å². The van der Waals surface area contributed by atoms with Crippen molar-refractivity contribution in [1.29, 1.82) is 0 Å². The normalized spacial score (nSPS) is 23.0. The van der Waals surface area contributed by atoms with Gasteiger partial charge in [-0.2, -0.15) is 4.31 Å². The van der Waals surface area contributed by atoms with Gasteiger partial charge in [0.05, 0.1) is 0 Å². The Morgan fingerprint density at radius 1 is 1.23 bits per heavy atom. The Balaban J connectivity index is 1.72. The van der Waals surface area contributed by atoms with E-state index in [9.17, 15) is 17.2 Å². The Hall–Kier alpha value is -1.91. The topological polar surface area (TPSA) is 77.3 Å². The molecule has 140 valence electrons. The minimum Gasteiger partial charge on any atom is -0.377 e. The van der Waals surface area contributed by atoms with Crippen molar-refractivity contribution in [2.24, 2.45) is 0 Å². The van der Waals surface area contributed by atoms with Gasteiger partial charge in [-0.25, -0.2) is 17.2 Å². The van der Waals surface area contributed by atoms with Crippen LogP contribution in [-0.2, 0) is 34.3 Å². The van der Waals surface area contributed by atoms with Gasteiger partial charge in [-0.05, 0) is 25.0 Å². The van der Waals surface area contributed by atoms with Crippen LogP contribution in [0.15, 0.2) is 23.1 Å². The highest BCUT2D eigenvalue weighted by atomic mass is 32.2. The predicted molar refractivity (Wildman–Crippen MR) is 86.6 cm³/mol. The third-order valence-corrected chi connectivity index (χ3v) is 7.03. The van der Waals surface area contributed by atoms with Crippen molar-refractivity contribution in [2.45, 2.75) is 49.4 Å². The second-order valence-corrected chi connectivity index (χ2v) is 8.39. The van der Waals surface area contributed by atoms with Gasteiger partial charge < -0.3 is 9.30 Å². The lowest BCUT2D eigenvalue weighted by molar-refractivity contribution is 0.172. The Bertz CT molecular complexity index is 947. The van der Waals surface area contributed by atoms with E-state index < -0.39 is 26.6 Å². The van der Waals surface area contributed by atoms with Crippen molar-refractivity contribution in [3.8, 4) is 0 Å². The molecule has 4 rings (SSSR count). The molecule has 2 bridgehead atoms. The number of nitrogens with zero attached hydrogens (tertiary/aromatic N) is 4.